The molecule has 0 unspecified atom stereocenters. The number of benzene rings is 2. The number of amides is 3. The van der Waals surface area contributed by atoms with E-state index < -0.39 is 17.0 Å². The molecule has 1 fully saturated rings. The number of halogens is 1. The Hall–Kier alpha value is -3.24. The number of thioether (sulfide) groups is 2. The van der Waals surface area contributed by atoms with Crippen LogP contribution in [0.1, 0.15) is 11.3 Å². The van der Waals surface area contributed by atoms with Gasteiger partial charge in [0.2, 0.25) is 5.91 Å². The monoisotopic (exact) mass is 482 g/mol. The summed E-state index contributed by atoms with van der Waals surface area (Å²) in [6, 6.07) is 13.5. The summed E-state index contributed by atoms with van der Waals surface area (Å²) in [6.45, 7) is 1.99. The molecule has 3 amide bonds. The molecule has 1 aliphatic rings. The van der Waals surface area contributed by atoms with Crippen LogP contribution in [0.25, 0.3) is 17.1 Å². The van der Waals surface area contributed by atoms with Gasteiger partial charge in [0.1, 0.15) is 10.8 Å². The molecule has 3 aromatic rings. The van der Waals surface area contributed by atoms with Crippen molar-refractivity contribution < 1.29 is 18.8 Å². The topological polar surface area (TPSA) is 92.3 Å². The van der Waals surface area contributed by atoms with Crippen LogP contribution in [0, 0.1) is 12.7 Å². The fourth-order valence-corrected chi connectivity index (χ4v) is 4.77. The Morgan fingerprint density at radius 3 is 2.58 bits per heavy atom. The molecule has 1 saturated heterocycles. The van der Waals surface area contributed by atoms with Gasteiger partial charge < -0.3 is 5.32 Å². The van der Waals surface area contributed by atoms with E-state index in [-0.39, 0.29) is 35.2 Å². The first-order valence-corrected chi connectivity index (χ1v) is 11.9. The minimum atomic E-state index is -0.501. The van der Waals surface area contributed by atoms with Gasteiger partial charge >= 0.3 is 0 Å². The lowest BCUT2D eigenvalue weighted by molar-refractivity contribution is -0.123. The van der Waals surface area contributed by atoms with E-state index in [1.54, 1.807) is 12.1 Å². The van der Waals surface area contributed by atoms with Crippen LogP contribution in [-0.2, 0) is 9.59 Å². The van der Waals surface area contributed by atoms with Crippen molar-refractivity contribution in [1.82, 2.24) is 20.2 Å². The van der Waals surface area contributed by atoms with Gasteiger partial charge in [-0.3, -0.25) is 19.3 Å². The molecule has 2 aromatic carbocycles. The summed E-state index contributed by atoms with van der Waals surface area (Å²) in [5.41, 5.74) is 2.53. The second-order valence-electron chi connectivity index (χ2n) is 7.10. The van der Waals surface area contributed by atoms with Crippen LogP contribution >= 0.6 is 23.5 Å². The fourth-order valence-electron chi connectivity index (χ4n) is 3.13. The van der Waals surface area contributed by atoms with E-state index in [2.05, 4.69) is 15.3 Å². The number of aromatic nitrogens is 2. The molecule has 1 aliphatic heterocycles. The van der Waals surface area contributed by atoms with Crippen molar-refractivity contribution >= 4 is 57.7 Å². The number of hydrogen-bond acceptors (Lipinski definition) is 7. The molecule has 4 rings (SSSR count). The molecule has 33 heavy (non-hydrogen) atoms. The second-order valence-corrected chi connectivity index (χ2v) is 9.05. The Kier molecular flexibility index (Phi) is 7.05. The van der Waals surface area contributed by atoms with Crippen molar-refractivity contribution in [2.24, 2.45) is 0 Å². The Bertz CT molecular complexity index is 1280. The van der Waals surface area contributed by atoms with Crippen LogP contribution in [-0.4, -0.2) is 50.8 Å². The van der Waals surface area contributed by atoms with Gasteiger partial charge in [0.05, 0.1) is 27.4 Å². The van der Waals surface area contributed by atoms with E-state index in [1.807, 2.05) is 31.2 Å². The molecule has 10 heteroatoms. The average molecular weight is 483 g/mol. The first-order chi connectivity index (χ1) is 15.9. The van der Waals surface area contributed by atoms with E-state index in [4.69, 9.17) is 0 Å². The molecular weight excluding hydrogens is 463 g/mol. The zero-order valence-corrected chi connectivity index (χ0v) is 19.2. The van der Waals surface area contributed by atoms with Crippen LogP contribution in [0.5, 0.6) is 0 Å². The molecule has 0 spiro atoms. The number of para-hydroxylation sites is 2. The Labute approximate surface area is 197 Å². The third-order valence-electron chi connectivity index (χ3n) is 4.76. The molecule has 0 aliphatic carbocycles. The van der Waals surface area contributed by atoms with Crippen molar-refractivity contribution in [1.29, 1.82) is 0 Å². The minimum Gasteiger partial charge on any atom is -0.354 e. The molecule has 0 atom stereocenters. The van der Waals surface area contributed by atoms with E-state index in [1.165, 1.54) is 30.0 Å². The number of nitrogens with zero attached hydrogens (tertiary/aromatic N) is 3. The summed E-state index contributed by atoms with van der Waals surface area (Å²) in [6.07, 6.45) is 1.36. The van der Waals surface area contributed by atoms with Gasteiger partial charge in [-0.1, -0.05) is 42.1 Å². The van der Waals surface area contributed by atoms with E-state index in [0.717, 1.165) is 33.4 Å². The first-order valence-electron chi connectivity index (χ1n) is 10.0. The van der Waals surface area contributed by atoms with Gasteiger partial charge in [0.25, 0.3) is 11.1 Å². The SMILES string of the molecule is Cc1nc2ccccc2nc1SCC(=O)NCCN1C(=O)S/C(=C\c2ccccc2F)C1=O. The number of nitrogens with one attached hydrogen (secondary N) is 1. The summed E-state index contributed by atoms with van der Waals surface area (Å²) in [5.74, 6) is -1.09. The van der Waals surface area contributed by atoms with Crippen LogP contribution in [0.3, 0.4) is 0 Å². The number of carbonyl (C=O) groups is 3. The molecule has 7 nitrogen and oxygen atoms in total. The van der Waals surface area contributed by atoms with E-state index in [9.17, 15) is 18.8 Å². The normalized spacial score (nSPS) is 15.0. The van der Waals surface area contributed by atoms with Gasteiger partial charge in [-0.2, -0.15) is 0 Å². The van der Waals surface area contributed by atoms with Crippen LogP contribution < -0.4 is 5.32 Å². The number of carbonyl (C=O) groups excluding carboxylic acids is 3. The third kappa shape index (κ3) is 5.40. The molecule has 168 valence electrons. The number of aryl methyl sites for hydroxylation is 1. The van der Waals surface area contributed by atoms with E-state index >= 15 is 0 Å². The van der Waals surface area contributed by atoms with Gasteiger partial charge in [-0.15, -0.1) is 0 Å². The molecule has 2 heterocycles. The Morgan fingerprint density at radius 1 is 1.12 bits per heavy atom. The van der Waals surface area contributed by atoms with Crippen LogP contribution in [0.2, 0.25) is 0 Å². The van der Waals surface area contributed by atoms with Gasteiger partial charge in [-0.05, 0) is 43.0 Å². The van der Waals surface area contributed by atoms with Gasteiger partial charge in [0, 0.05) is 18.7 Å². The lowest BCUT2D eigenvalue weighted by Gasteiger charge is -2.13. The summed E-state index contributed by atoms with van der Waals surface area (Å²) < 4.78 is 13.8. The number of fused-ring (bicyclic) bond motifs is 1. The maximum Gasteiger partial charge on any atom is 0.293 e. The van der Waals surface area contributed by atoms with Crippen molar-refractivity contribution in [3.63, 3.8) is 0 Å². The maximum atomic E-state index is 13.8. The van der Waals surface area contributed by atoms with Crippen LogP contribution in [0.4, 0.5) is 9.18 Å². The highest BCUT2D eigenvalue weighted by Gasteiger charge is 2.34. The predicted octanol–water partition coefficient (Wildman–Crippen LogP) is 4.02. The van der Waals surface area contributed by atoms with Crippen molar-refractivity contribution in [3.05, 3.63) is 70.5 Å². The second kappa shape index (κ2) is 10.1. The summed E-state index contributed by atoms with van der Waals surface area (Å²) in [7, 11) is 0. The molecule has 1 aromatic heterocycles. The van der Waals surface area contributed by atoms with Crippen molar-refractivity contribution in [2.75, 3.05) is 18.8 Å². The molecule has 0 radical (unpaired) electrons. The maximum absolute atomic E-state index is 13.8. The number of rotatable bonds is 7. The zero-order valence-electron chi connectivity index (χ0n) is 17.6. The van der Waals surface area contributed by atoms with Gasteiger partial charge in [0.15, 0.2) is 0 Å². The summed E-state index contributed by atoms with van der Waals surface area (Å²) >= 11 is 2.03. The van der Waals surface area contributed by atoms with Crippen molar-refractivity contribution in [3.8, 4) is 0 Å². The lowest BCUT2D eigenvalue weighted by Crippen LogP contribution is -2.37. The quantitative estimate of drug-likeness (QED) is 0.402. The fraction of sp³-hybridized carbons (Fsp3) is 0.174. The average Bonchev–Trinajstić information content (AvgIpc) is 3.06. The predicted molar refractivity (Wildman–Crippen MR) is 127 cm³/mol. The third-order valence-corrected chi connectivity index (χ3v) is 6.74. The zero-order chi connectivity index (χ0) is 23.4. The van der Waals surface area contributed by atoms with E-state index in [0.29, 0.717) is 5.03 Å². The van der Waals surface area contributed by atoms with Crippen molar-refractivity contribution in [2.45, 2.75) is 11.9 Å². The highest BCUT2D eigenvalue weighted by atomic mass is 32.2. The summed E-state index contributed by atoms with van der Waals surface area (Å²) in [4.78, 5) is 47.2. The largest absolute Gasteiger partial charge is 0.354 e. The molecule has 0 bridgehead atoms. The minimum absolute atomic E-state index is 0.0322. The molecular formula is C23H19FN4O3S2. The van der Waals surface area contributed by atoms with Gasteiger partial charge in [-0.25, -0.2) is 14.4 Å². The molecule has 1 N–H and O–H groups in total. The van der Waals surface area contributed by atoms with Crippen LogP contribution in [0.15, 0.2) is 58.5 Å². The lowest BCUT2D eigenvalue weighted by atomic mass is 10.2. The number of hydrogen-bond donors (Lipinski definition) is 1. The molecule has 0 saturated carbocycles. The highest BCUT2D eigenvalue weighted by Crippen LogP contribution is 2.32. The number of imide groups is 1. The Balaban J connectivity index is 1.29. The highest BCUT2D eigenvalue weighted by molar-refractivity contribution is 8.18. The Morgan fingerprint density at radius 2 is 1.82 bits per heavy atom. The smallest absolute Gasteiger partial charge is 0.293 e. The first kappa shape index (κ1) is 22.9. The summed E-state index contributed by atoms with van der Waals surface area (Å²) in [5, 5.41) is 2.93. The standard InChI is InChI=1S/C23H19FN4O3S2/c1-14-21(27-18-9-5-4-8-17(18)26-14)32-13-20(29)25-10-11-28-22(30)19(33-23(28)31)12-15-6-2-3-7-16(15)24/h2-9,12H,10-11,13H2,1H3,(H,25,29)/b19-12-.